The Bertz CT molecular complexity index is 826. The topological polar surface area (TPSA) is 125 Å². The van der Waals surface area contributed by atoms with E-state index in [9.17, 15) is 19.2 Å². The molecule has 0 aromatic heterocycles. The van der Waals surface area contributed by atoms with E-state index in [0.29, 0.717) is 37.3 Å². The zero-order chi connectivity index (χ0) is 23.5. The van der Waals surface area contributed by atoms with Crippen molar-refractivity contribution in [3.05, 3.63) is 29.3 Å². The van der Waals surface area contributed by atoms with Gasteiger partial charge in [-0.25, -0.2) is 0 Å². The lowest BCUT2D eigenvalue weighted by Crippen LogP contribution is -2.52. The maximum atomic E-state index is 12.7. The van der Waals surface area contributed by atoms with Gasteiger partial charge in [-0.3, -0.25) is 24.5 Å². The second kappa shape index (κ2) is 12.8. The van der Waals surface area contributed by atoms with Crippen LogP contribution >= 0.6 is 0 Å². The van der Waals surface area contributed by atoms with Crippen molar-refractivity contribution in [3.63, 3.8) is 0 Å². The molecule has 1 aromatic carbocycles. The third-order valence-corrected chi connectivity index (χ3v) is 5.48. The number of benzene rings is 1. The van der Waals surface area contributed by atoms with Crippen LogP contribution in [0.1, 0.15) is 67.8 Å². The molecule has 3 rings (SSSR count). The molecule has 32 heavy (non-hydrogen) atoms. The number of hydrogen-bond acceptors (Lipinski definition) is 6. The molecule has 1 aromatic rings. The van der Waals surface area contributed by atoms with Crippen LogP contribution in [0.3, 0.4) is 0 Å². The first-order valence-electron chi connectivity index (χ1n) is 11.1. The highest BCUT2D eigenvalue weighted by Gasteiger charge is 2.39. The number of hydrogen-bond donors (Lipinski definition) is 3. The van der Waals surface area contributed by atoms with Crippen LogP contribution in [0.2, 0.25) is 0 Å². The van der Waals surface area contributed by atoms with Gasteiger partial charge in [0.1, 0.15) is 11.8 Å². The minimum Gasteiger partial charge on any atom is -0.494 e. The highest BCUT2D eigenvalue weighted by atomic mass is 16.5. The summed E-state index contributed by atoms with van der Waals surface area (Å²) in [6, 6.07) is 4.79. The number of ether oxygens (including phenoxy) is 1. The van der Waals surface area contributed by atoms with E-state index >= 15 is 0 Å². The van der Waals surface area contributed by atoms with Gasteiger partial charge in [0.2, 0.25) is 17.7 Å². The molecule has 0 saturated carbocycles. The number of aliphatic hydroxyl groups excluding tert-OH is 1. The molecule has 176 valence electrons. The third kappa shape index (κ3) is 6.78. The molecule has 4 amide bonds. The normalized spacial score (nSPS) is 17.3. The van der Waals surface area contributed by atoms with Crippen LogP contribution in [-0.2, 0) is 20.9 Å². The van der Waals surface area contributed by atoms with Crippen LogP contribution in [0.25, 0.3) is 0 Å². The number of rotatable bonds is 10. The van der Waals surface area contributed by atoms with Gasteiger partial charge in [0.05, 0.1) is 6.61 Å². The van der Waals surface area contributed by atoms with Gasteiger partial charge in [-0.05, 0) is 43.0 Å². The van der Waals surface area contributed by atoms with Crippen molar-refractivity contribution in [3.8, 4) is 5.75 Å². The van der Waals surface area contributed by atoms with Crippen molar-refractivity contribution >= 4 is 23.6 Å². The first-order chi connectivity index (χ1) is 15.5. The van der Waals surface area contributed by atoms with Crippen molar-refractivity contribution in [2.75, 3.05) is 20.3 Å². The van der Waals surface area contributed by atoms with Gasteiger partial charge < -0.3 is 20.1 Å². The van der Waals surface area contributed by atoms with Crippen molar-refractivity contribution in [2.24, 2.45) is 0 Å². The predicted molar refractivity (Wildman–Crippen MR) is 118 cm³/mol. The standard InChI is InChI=1S/C22H29N3O5.CH4O/c1-2-19(26)23-11-5-3-4-6-12-30-16-7-8-17-15(13-16)14-25(22(17)29)18-9-10-20(27)24-21(18)28;1-2/h7-8,13,18H,2-6,9-12,14H2,1H3,(H,23,26)(H,24,27,28);2H,1H3. The molecule has 1 fully saturated rings. The van der Waals surface area contributed by atoms with Gasteiger partial charge in [0, 0.05) is 38.6 Å². The number of aliphatic hydroxyl groups is 1. The summed E-state index contributed by atoms with van der Waals surface area (Å²) in [5, 5.41) is 12.2. The summed E-state index contributed by atoms with van der Waals surface area (Å²) in [5.41, 5.74) is 1.43. The molecule has 2 aliphatic heterocycles. The Kier molecular flexibility index (Phi) is 10.1. The number of piperidine rings is 1. The van der Waals surface area contributed by atoms with Gasteiger partial charge in [0.15, 0.2) is 0 Å². The number of unbranched alkanes of at least 4 members (excludes halogenated alkanes) is 3. The fraction of sp³-hybridized carbons (Fsp3) is 0.565. The molecule has 2 aliphatic rings. The van der Waals surface area contributed by atoms with E-state index in [1.54, 1.807) is 12.1 Å². The quantitative estimate of drug-likeness (QED) is 0.369. The number of imide groups is 1. The number of carbonyl (C=O) groups excluding carboxylic acids is 4. The van der Waals surface area contributed by atoms with Crippen molar-refractivity contribution in [1.82, 2.24) is 15.5 Å². The van der Waals surface area contributed by atoms with Crippen LogP contribution in [0, 0.1) is 0 Å². The molecule has 9 nitrogen and oxygen atoms in total. The van der Waals surface area contributed by atoms with Crippen LogP contribution in [0.15, 0.2) is 18.2 Å². The summed E-state index contributed by atoms with van der Waals surface area (Å²) in [4.78, 5) is 48.8. The summed E-state index contributed by atoms with van der Waals surface area (Å²) >= 11 is 0. The highest BCUT2D eigenvalue weighted by Crippen LogP contribution is 2.30. The lowest BCUT2D eigenvalue weighted by atomic mass is 10.0. The molecule has 3 N–H and O–H groups in total. The number of carbonyl (C=O) groups is 4. The lowest BCUT2D eigenvalue weighted by molar-refractivity contribution is -0.137. The number of fused-ring (bicyclic) bond motifs is 1. The van der Waals surface area contributed by atoms with Crippen LogP contribution in [0.4, 0.5) is 0 Å². The Morgan fingerprint density at radius 2 is 1.94 bits per heavy atom. The smallest absolute Gasteiger partial charge is 0.255 e. The number of amides is 4. The van der Waals surface area contributed by atoms with Crippen molar-refractivity contribution < 1.29 is 29.0 Å². The van der Waals surface area contributed by atoms with Gasteiger partial charge in [0.25, 0.3) is 5.91 Å². The Morgan fingerprint density at radius 1 is 1.19 bits per heavy atom. The first-order valence-corrected chi connectivity index (χ1v) is 11.1. The van der Waals surface area contributed by atoms with Crippen LogP contribution < -0.4 is 15.4 Å². The molecule has 9 heteroatoms. The van der Waals surface area contributed by atoms with Crippen LogP contribution in [-0.4, -0.2) is 59.9 Å². The van der Waals surface area contributed by atoms with Crippen molar-refractivity contribution in [2.45, 2.75) is 64.5 Å². The van der Waals surface area contributed by atoms with E-state index < -0.39 is 11.9 Å². The molecule has 1 atom stereocenters. The van der Waals surface area contributed by atoms with E-state index in [4.69, 9.17) is 9.84 Å². The van der Waals surface area contributed by atoms with E-state index in [1.807, 2.05) is 13.0 Å². The summed E-state index contributed by atoms with van der Waals surface area (Å²) < 4.78 is 5.82. The van der Waals surface area contributed by atoms with Gasteiger partial charge in [-0.15, -0.1) is 0 Å². The molecule has 2 heterocycles. The largest absolute Gasteiger partial charge is 0.494 e. The van der Waals surface area contributed by atoms with Gasteiger partial charge in [-0.1, -0.05) is 19.8 Å². The fourth-order valence-corrected chi connectivity index (χ4v) is 3.76. The molecule has 1 unspecified atom stereocenters. The van der Waals surface area contributed by atoms with Gasteiger partial charge in [-0.2, -0.15) is 0 Å². The number of nitrogens with one attached hydrogen (secondary N) is 2. The zero-order valence-electron chi connectivity index (χ0n) is 18.8. The molecular weight excluding hydrogens is 414 g/mol. The Labute approximate surface area is 188 Å². The zero-order valence-corrected chi connectivity index (χ0v) is 18.8. The molecule has 0 radical (unpaired) electrons. The average molecular weight is 448 g/mol. The van der Waals surface area contributed by atoms with E-state index in [0.717, 1.165) is 44.9 Å². The Hall–Kier alpha value is -2.94. The average Bonchev–Trinajstić information content (AvgIpc) is 3.12. The highest BCUT2D eigenvalue weighted by molar-refractivity contribution is 6.05. The minimum absolute atomic E-state index is 0.0876. The second-order valence-electron chi connectivity index (χ2n) is 7.69. The summed E-state index contributed by atoms with van der Waals surface area (Å²) in [7, 11) is 1.00. The van der Waals surface area contributed by atoms with E-state index in [1.165, 1.54) is 4.90 Å². The van der Waals surface area contributed by atoms with Crippen molar-refractivity contribution in [1.29, 1.82) is 0 Å². The molecule has 0 bridgehead atoms. The number of nitrogens with zero attached hydrogens (tertiary/aromatic N) is 1. The third-order valence-electron chi connectivity index (χ3n) is 5.48. The maximum absolute atomic E-state index is 12.7. The van der Waals surface area contributed by atoms with E-state index in [-0.39, 0.29) is 24.1 Å². The first kappa shape index (κ1) is 25.3. The Balaban J connectivity index is 0.00000176. The molecular formula is C23H33N3O6. The van der Waals surface area contributed by atoms with E-state index in [2.05, 4.69) is 10.6 Å². The predicted octanol–water partition coefficient (Wildman–Crippen LogP) is 1.52. The van der Waals surface area contributed by atoms with Gasteiger partial charge >= 0.3 is 0 Å². The summed E-state index contributed by atoms with van der Waals surface area (Å²) in [6.07, 6.45) is 5.06. The molecule has 0 aliphatic carbocycles. The molecule has 1 saturated heterocycles. The summed E-state index contributed by atoms with van der Waals surface area (Å²) in [6.45, 7) is 3.50. The fourth-order valence-electron chi connectivity index (χ4n) is 3.76. The van der Waals surface area contributed by atoms with Crippen LogP contribution in [0.5, 0.6) is 5.75 Å². The molecule has 0 spiro atoms. The maximum Gasteiger partial charge on any atom is 0.255 e. The Morgan fingerprint density at radius 3 is 2.66 bits per heavy atom. The summed E-state index contributed by atoms with van der Waals surface area (Å²) in [5.74, 6) is -0.0763. The lowest BCUT2D eigenvalue weighted by Gasteiger charge is -2.29. The SMILES string of the molecule is CCC(=O)NCCCCCCOc1ccc2c(c1)CN(C1CCC(=O)NC1=O)C2=O.CO. The monoisotopic (exact) mass is 447 g/mol. The minimum atomic E-state index is -0.603. The second-order valence-corrected chi connectivity index (χ2v) is 7.69.